The number of carbonyl (C=O) groups excluding carboxylic acids is 1. The number of hydrogen-bond donors (Lipinski definition) is 0. The van der Waals surface area contributed by atoms with E-state index >= 15 is 0 Å². The molecule has 1 amide bonds. The molecule has 0 radical (unpaired) electrons. The van der Waals surface area contributed by atoms with Crippen molar-refractivity contribution in [3.8, 4) is 5.75 Å². The van der Waals surface area contributed by atoms with Crippen molar-refractivity contribution in [1.29, 1.82) is 0 Å². The van der Waals surface area contributed by atoms with E-state index in [9.17, 15) is 4.79 Å². The smallest absolute Gasteiger partial charge is 0.222 e. The van der Waals surface area contributed by atoms with Crippen molar-refractivity contribution in [2.24, 2.45) is 0 Å². The molecule has 0 spiro atoms. The second-order valence-electron chi connectivity index (χ2n) is 5.60. The van der Waals surface area contributed by atoms with Crippen LogP contribution in [0.5, 0.6) is 5.75 Å². The fourth-order valence-corrected chi connectivity index (χ4v) is 2.90. The zero-order valence-corrected chi connectivity index (χ0v) is 14.7. The number of hydrogen-bond acceptors (Lipinski definition) is 3. The number of amides is 1. The van der Waals surface area contributed by atoms with E-state index in [-0.39, 0.29) is 5.91 Å². The van der Waals surface area contributed by atoms with Gasteiger partial charge in [0.05, 0.1) is 19.3 Å². The number of rotatable bonds is 4. The van der Waals surface area contributed by atoms with E-state index in [2.05, 4.69) is 17.1 Å². The van der Waals surface area contributed by atoms with Crippen LogP contribution >= 0.6 is 0 Å². The van der Waals surface area contributed by atoms with Crippen LogP contribution in [0, 0.1) is 0 Å². The molecule has 1 atom stereocenters. The van der Waals surface area contributed by atoms with Crippen LogP contribution in [0.15, 0.2) is 48.7 Å². The van der Waals surface area contributed by atoms with Gasteiger partial charge in [-0.3, -0.25) is 9.78 Å². The summed E-state index contributed by atoms with van der Waals surface area (Å²) in [7, 11) is 1.67. The lowest BCUT2D eigenvalue weighted by Gasteiger charge is -2.32. The van der Waals surface area contributed by atoms with E-state index in [1.165, 1.54) is 5.56 Å². The minimum atomic E-state index is 0.218. The summed E-state index contributed by atoms with van der Waals surface area (Å²) >= 11 is 0. The zero-order valence-electron chi connectivity index (χ0n) is 14.7. The number of methoxy groups -OCH3 is 1. The number of ether oxygens (including phenoxy) is 1. The van der Waals surface area contributed by atoms with Gasteiger partial charge in [-0.1, -0.05) is 32.0 Å². The van der Waals surface area contributed by atoms with Gasteiger partial charge in [-0.05, 0) is 36.2 Å². The average molecular weight is 326 g/mol. The molecule has 2 aromatic rings. The fraction of sp³-hybridized carbons (Fsp3) is 0.400. The van der Waals surface area contributed by atoms with Crippen LogP contribution in [0.1, 0.15) is 43.9 Å². The Kier molecular flexibility index (Phi) is 6.79. The van der Waals surface area contributed by atoms with Crippen LogP contribution in [0.3, 0.4) is 0 Å². The van der Waals surface area contributed by atoms with Crippen LogP contribution in [0.2, 0.25) is 0 Å². The van der Waals surface area contributed by atoms with Crippen molar-refractivity contribution < 1.29 is 9.53 Å². The number of benzene rings is 1. The lowest BCUT2D eigenvalue weighted by Crippen LogP contribution is -2.38. The molecule has 4 heteroatoms. The number of piperidine rings is 1. The van der Waals surface area contributed by atoms with Gasteiger partial charge in [0.15, 0.2) is 0 Å². The number of likely N-dealkylation sites (tertiary alicyclic amines) is 1. The van der Waals surface area contributed by atoms with Crippen molar-refractivity contribution in [2.75, 3.05) is 13.7 Å². The Hall–Kier alpha value is -2.36. The van der Waals surface area contributed by atoms with Gasteiger partial charge in [-0.15, -0.1) is 0 Å². The highest BCUT2D eigenvalue weighted by atomic mass is 16.5. The highest BCUT2D eigenvalue weighted by molar-refractivity contribution is 5.77. The molecular formula is C20H26N2O2. The molecule has 1 fully saturated rings. The highest BCUT2D eigenvalue weighted by Gasteiger charge is 2.26. The van der Waals surface area contributed by atoms with Crippen LogP contribution in [0.4, 0.5) is 0 Å². The van der Waals surface area contributed by atoms with Gasteiger partial charge in [0.25, 0.3) is 0 Å². The Labute approximate surface area is 144 Å². The van der Waals surface area contributed by atoms with E-state index in [1.807, 2.05) is 49.1 Å². The summed E-state index contributed by atoms with van der Waals surface area (Å²) in [6.07, 6.45) is 3.28. The van der Waals surface area contributed by atoms with Gasteiger partial charge in [0.1, 0.15) is 5.75 Å². The van der Waals surface area contributed by atoms with E-state index in [0.717, 1.165) is 24.4 Å². The number of pyridine rings is 1. The first-order valence-electron chi connectivity index (χ1n) is 8.58. The minimum Gasteiger partial charge on any atom is -0.497 e. The average Bonchev–Trinajstić information content (AvgIpc) is 2.66. The van der Waals surface area contributed by atoms with E-state index in [1.54, 1.807) is 13.3 Å². The molecule has 0 saturated carbocycles. The van der Waals surface area contributed by atoms with Crippen molar-refractivity contribution in [3.63, 3.8) is 0 Å². The zero-order chi connectivity index (χ0) is 17.4. The molecule has 1 aliphatic heterocycles. The van der Waals surface area contributed by atoms with Crippen LogP contribution in [-0.2, 0) is 11.3 Å². The first-order chi connectivity index (χ1) is 11.8. The van der Waals surface area contributed by atoms with E-state index < -0.39 is 0 Å². The van der Waals surface area contributed by atoms with Gasteiger partial charge in [0.2, 0.25) is 5.91 Å². The minimum absolute atomic E-state index is 0.218. The molecule has 0 unspecified atom stereocenters. The molecule has 1 aliphatic rings. The first kappa shape index (κ1) is 18.0. The Morgan fingerprint density at radius 1 is 1.17 bits per heavy atom. The molecule has 0 bridgehead atoms. The van der Waals surface area contributed by atoms with Crippen molar-refractivity contribution in [2.45, 2.75) is 39.2 Å². The maximum atomic E-state index is 12.2. The number of nitrogens with zero attached hydrogens (tertiary/aromatic N) is 2. The van der Waals surface area contributed by atoms with Gasteiger partial charge in [-0.2, -0.15) is 0 Å². The molecule has 0 N–H and O–H groups in total. The second kappa shape index (κ2) is 9.06. The third-order valence-corrected chi connectivity index (χ3v) is 4.17. The maximum absolute atomic E-state index is 12.2. The molecule has 1 saturated heterocycles. The third kappa shape index (κ3) is 4.57. The summed E-state index contributed by atoms with van der Waals surface area (Å²) in [6.45, 7) is 5.34. The summed E-state index contributed by atoms with van der Waals surface area (Å²) in [6, 6.07) is 14.0. The fourth-order valence-electron chi connectivity index (χ4n) is 2.90. The van der Waals surface area contributed by atoms with Crippen molar-refractivity contribution in [3.05, 3.63) is 59.9 Å². The van der Waals surface area contributed by atoms with Gasteiger partial charge in [0, 0.05) is 25.1 Å². The predicted molar refractivity (Wildman–Crippen MR) is 96.0 cm³/mol. The van der Waals surface area contributed by atoms with E-state index in [0.29, 0.717) is 18.9 Å². The maximum Gasteiger partial charge on any atom is 0.222 e. The first-order valence-corrected chi connectivity index (χ1v) is 8.58. The van der Waals surface area contributed by atoms with Gasteiger partial charge in [-0.25, -0.2) is 0 Å². The Bertz CT molecular complexity index is 626. The number of carbonyl (C=O) groups is 1. The molecule has 1 aromatic heterocycles. The molecular weight excluding hydrogens is 300 g/mol. The predicted octanol–water partition coefficient (Wildman–Crippen LogP) is 4.02. The summed E-state index contributed by atoms with van der Waals surface area (Å²) in [4.78, 5) is 18.4. The summed E-state index contributed by atoms with van der Waals surface area (Å²) in [5.74, 6) is 1.46. The summed E-state index contributed by atoms with van der Waals surface area (Å²) in [5.41, 5.74) is 2.20. The van der Waals surface area contributed by atoms with Crippen LogP contribution < -0.4 is 4.74 Å². The normalized spacial score (nSPS) is 17.0. The largest absolute Gasteiger partial charge is 0.497 e. The van der Waals surface area contributed by atoms with Crippen molar-refractivity contribution >= 4 is 5.91 Å². The quantitative estimate of drug-likeness (QED) is 0.852. The number of aromatic nitrogens is 1. The Morgan fingerprint density at radius 3 is 2.54 bits per heavy atom. The molecule has 24 heavy (non-hydrogen) atoms. The third-order valence-electron chi connectivity index (χ3n) is 4.17. The van der Waals surface area contributed by atoms with Crippen LogP contribution in [0.25, 0.3) is 0 Å². The second-order valence-corrected chi connectivity index (χ2v) is 5.60. The molecule has 128 valence electrons. The Morgan fingerprint density at radius 2 is 1.92 bits per heavy atom. The topological polar surface area (TPSA) is 42.4 Å². The molecule has 4 nitrogen and oxygen atoms in total. The Balaban J connectivity index is 0.00000100. The molecule has 0 aliphatic carbocycles. The highest BCUT2D eigenvalue weighted by Crippen LogP contribution is 2.29. The van der Waals surface area contributed by atoms with Gasteiger partial charge < -0.3 is 9.64 Å². The SMILES string of the molecule is CC.COc1ccc([C@H]2CCC(=O)N(Cc3ccccn3)C2)cc1. The monoisotopic (exact) mass is 326 g/mol. The van der Waals surface area contributed by atoms with Gasteiger partial charge >= 0.3 is 0 Å². The molecule has 3 rings (SSSR count). The summed E-state index contributed by atoms with van der Waals surface area (Å²) < 4.78 is 5.20. The lowest BCUT2D eigenvalue weighted by molar-refractivity contribution is -0.134. The molecule has 2 heterocycles. The molecule has 1 aromatic carbocycles. The van der Waals surface area contributed by atoms with Crippen molar-refractivity contribution in [1.82, 2.24) is 9.88 Å². The standard InChI is InChI=1S/C18H20N2O2.C2H6/c1-22-17-8-5-14(6-9-17)15-7-10-18(21)20(12-15)13-16-4-2-3-11-19-16;1-2/h2-6,8-9,11,15H,7,10,12-13H2,1H3;1-2H3/t15-;/m0./s1. The van der Waals surface area contributed by atoms with Crippen LogP contribution in [-0.4, -0.2) is 29.4 Å². The summed E-state index contributed by atoms with van der Waals surface area (Å²) in [5, 5.41) is 0. The van der Waals surface area contributed by atoms with E-state index in [4.69, 9.17) is 4.74 Å². The lowest BCUT2D eigenvalue weighted by atomic mass is 9.90.